The van der Waals surface area contributed by atoms with Crippen molar-refractivity contribution < 1.29 is 46.5 Å². The molecule has 11 atom stereocenters. The molecule has 4 aromatic heterocycles. The Balaban J connectivity index is 1.15. The number of ether oxygens (including phenoxy) is 2. The second kappa shape index (κ2) is 10.6. The minimum absolute atomic E-state index is 0.0140. The highest BCUT2D eigenvalue weighted by molar-refractivity contribution is 7.47. The topological polar surface area (TPSA) is 289 Å². The summed E-state index contributed by atoms with van der Waals surface area (Å²) in [5.74, 6) is -0.707. The molecular formula is C24H30N10O11P2. The van der Waals surface area contributed by atoms with Crippen molar-refractivity contribution in [1.82, 2.24) is 39.0 Å². The fourth-order valence-electron chi connectivity index (χ4n) is 7.51. The van der Waals surface area contributed by atoms with Gasteiger partial charge in [-0.05, 0) is 12.3 Å². The molecule has 2 saturated carbocycles. The Morgan fingerprint density at radius 2 is 1.79 bits per heavy atom. The Hall–Kier alpha value is -3.36. The number of nitrogens with one attached hydrogen (secondary N) is 1. The molecular weight excluding hydrogens is 666 g/mol. The highest BCUT2D eigenvalue weighted by Gasteiger charge is 2.73. The van der Waals surface area contributed by atoms with Gasteiger partial charge in [0.25, 0.3) is 5.56 Å². The standard InChI is InChI=1S/C24H30N10O11P2/c1-9-14(33-7-29-12-18(25)27-6-28-19(12)33)10-3-24(10)5-42-47(38,39)44-16-15(40-2)11(4-41-46(36,37)45-17(9)24)43-22(16)34-8-30-13-20(34)31-23(26)32-21(13)35/h6-11,14-17,22H,3-5H2,1-2H3,(H,36,37)(H,38,39)(H2,25,27,28)(H3,26,31,32,35)/t9-,10+,11+,14-,15+,16+,17-,22+,24?/m0/s1. The number of H-pyrrole nitrogens is 1. The fraction of sp³-hybridized carbons (Fsp3) is 0.583. The zero-order valence-corrected chi connectivity index (χ0v) is 26.5. The second-order valence-corrected chi connectivity index (χ2v) is 14.9. The molecule has 6 heterocycles. The Kier molecular flexibility index (Phi) is 6.96. The van der Waals surface area contributed by atoms with E-state index in [1.54, 1.807) is 10.9 Å². The summed E-state index contributed by atoms with van der Waals surface area (Å²) in [5, 5.41) is 0. The first kappa shape index (κ1) is 30.9. The summed E-state index contributed by atoms with van der Waals surface area (Å²) in [6.45, 7) is 0.900. The molecule has 1 spiro atoms. The number of phosphoric ester groups is 2. The molecule has 0 amide bonds. The van der Waals surface area contributed by atoms with Crippen molar-refractivity contribution >= 4 is 49.7 Å². The van der Waals surface area contributed by atoms with Gasteiger partial charge in [-0.2, -0.15) is 4.98 Å². The van der Waals surface area contributed by atoms with Crippen LogP contribution in [0.15, 0.2) is 23.8 Å². The number of aromatic amines is 1. The molecule has 23 heteroatoms. The van der Waals surface area contributed by atoms with Crippen LogP contribution >= 0.6 is 15.6 Å². The maximum absolute atomic E-state index is 13.6. The van der Waals surface area contributed by atoms with Crippen molar-refractivity contribution in [2.45, 2.75) is 50.0 Å². The predicted molar refractivity (Wildman–Crippen MR) is 157 cm³/mol. The van der Waals surface area contributed by atoms with E-state index in [1.165, 1.54) is 24.3 Å². The van der Waals surface area contributed by atoms with Crippen LogP contribution in [0.3, 0.4) is 0 Å². The first-order valence-electron chi connectivity index (χ1n) is 14.5. The van der Waals surface area contributed by atoms with Crippen molar-refractivity contribution in [1.29, 1.82) is 0 Å². The largest absolute Gasteiger partial charge is 0.472 e. The van der Waals surface area contributed by atoms with Gasteiger partial charge < -0.3 is 35.3 Å². The summed E-state index contributed by atoms with van der Waals surface area (Å²) in [5.41, 5.74) is 10.9. The molecule has 4 aromatic rings. The van der Waals surface area contributed by atoms with Gasteiger partial charge in [0.1, 0.15) is 30.2 Å². The number of methoxy groups -OCH3 is 1. The summed E-state index contributed by atoms with van der Waals surface area (Å²) < 4.78 is 64.6. The second-order valence-electron chi connectivity index (χ2n) is 12.1. The minimum atomic E-state index is -4.90. The molecule has 47 heavy (non-hydrogen) atoms. The third-order valence-electron chi connectivity index (χ3n) is 9.56. The molecule has 8 rings (SSSR count). The number of anilines is 2. The summed E-state index contributed by atoms with van der Waals surface area (Å²) in [7, 11) is -8.40. The average Bonchev–Trinajstić information content (AvgIpc) is 3.30. The van der Waals surface area contributed by atoms with Gasteiger partial charge in [0.05, 0.1) is 32.0 Å². The normalized spacial score (nSPS) is 40.4. The van der Waals surface area contributed by atoms with Gasteiger partial charge in [-0.1, -0.05) is 6.92 Å². The van der Waals surface area contributed by atoms with Crippen LogP contribution in [0.2, 0.25) is 0 Å². The van der Waals surface area contributed by atoms with Crippen LogP contribution in [-0.2, 0) is 36.7 Å². The van der Waals surface area contributed by atoms with E-state index in [-0.39, 0.29) is 41.5 Å². The van der Waals surface area contributed by atoms with Crippen LogP contribution in [0, 0.1) is 17.3 Å². The van der Waals surface area contributed by atoms with E-state index in [4.69, 9.17) is 39.0 Å². The molecule has 2 aliphatic carbocycles. The Morgan fingerprint density at radius 3 is 2.57 bits per heavy atom. The molecule has 0 aromatic carbocycles. The van der Waals surface area contributed by atoms with Crippen molar-refractivity contribution in [2.24, 2.45) is 17.3 Å². The first-order chi connectivity index (χ1) is 22.3. The van der Waals surface area contributed by atoms with Gasteiger partial charge in [0.15, 0.2) is 28.9 Å². The lowest BCUT2D eigenvalue weighted by Gasteiger charge is -2.31. The van der Waals surface area contributed by atoms with Gasteiger partial charge in [0.2, 0.25) is 5.95 Å². The minimum Gasteiger partial charge on any atom is -0.382 e. The van der Waals surface area contributed by atoms with Crippen LogP contribution in [0.25, 0.3) is 22.3 Å². The third kappa shape index (κ3) is 4.84. The van der Waals surface area contributed by atoms with E-state index in [2.05, 4.69) is 29.9 Å². The Labute approximate surface area is 263 Å². The van der Waals surface area contributed by atoms with E-state index >= 15 is 0 Å². The monoisotopic (exact) mass is 696 g/mol. The maximum atomic E-state index is 13.6. The summed E-state index contributed by atoms with van der Waals surface area (Å²) >= 11 is 0. The van der Waals surface area contributed by atoms with Crippen molar-refractivity contribution in [3.63, 3.8) is 0 Å². The van der Waals surface area contributed by atoms with Gasteiger partial charge >= 0.3 is 15.6 Å². The molecule has 252 valence electrons. The molecule has 2 saturated heterocycles. The van der Waals surface area contributed by atoms with Crippen LogP contribution in [-0.4, -0.2) is 93.6 Å². The van der Waals surface area contributed by atoms with E-state index < -0.39 is 69.8 Å². The van der Waals surface area contributed by atoms with Crippen molar-refractivity contribution in [3.8, 4) is 0 Å². The summed E-state index contributed by atoms with van der Waals surface area (Å²) in [6, 6.07) is -0.367. The molecule has 4 aliphatic rings. The molecule has 4 fully saturated rings. The molecule has 0 radical (unpaired) electrons. The van der Waals surface area contributed by atoms with Crippen molar-refractivity contribution in [3.05, 3.63) is 29.3 Å². The highest BCUT2D eigenvalue weighted by atomic mass is 31.2. The van der Waals surface area contributed by atoms with Gasteiger partial charge in [0, 0.05) is 24.5 Å². The van der Waals surface area contributed by atoms with Crippen LogP contribution in [0.4, 0.5) is 11.8 Å². The number of nitrogen functional groups attached to an aromatic ring is 2. The number of hydrogen-bond acceptors (Lipinski definition) is 16. The number of rotatable bonds is 3. The quantitative estimate of drug-likeness (QED) is 0.179. The highest BCUT2D eigenvalue weighted by Crippen LogP contribution is 2.73. The summed E-state index contributed by atoms with van der Waals surface area (Å²) in [4.78, 5) is 57.7. The molecule has 3 unspecified atom stereocenters. The maximum Gasteiger partial charge on any atom is 0.472 e. The van der Waals surface area contributed by atoms with E-state index in [1.807, 2.05) is 6.92 Å². The van der Waals surface area contributed by atoms with E-state index in [0.29, 0.717) is 17.6 Å². The van der Waals surface area contributed by atoms with Crippen LogP contribution in [0.5, 0.6) is 0 Å². The lowest BCUT2D eigenvalue weighted by atomic mass is 9.94. The number of nitrogens with zero attached hydrogens (tertiary/aromatic N) is 7. The van der Waals surface area contributed by atoms with E-state index in [9.17, 15) is 23.7 Å². The number of phosphoric acid groups is 2. The third-order valence-corrected chi connectivity index (χ3v) is 11.5. The Morgan fingerprint density at radius 1 is 1.04 bits per heavy atom. The lowest BCUT2D eigenvalue weighted by Crippen LogP contribution is -2.37. The number of nitrogens with two attached hydrogens (primary N) is 2. The SMILES string of the molecule is CO[C@H]1[C@H]2OP(=O)(O)OCC34C[C@@H]3[C@@H](n3cnc5c(N)ncnc53)[C@H](C)[C@@H]4OP(=O)(O)OC[C@H]1O[C@H]2n1cnc2c(=O)[nH]c(N)nc21. The van der Waals surface area contributed by atoms with E-state index in [0.717, 1.165) is 0 Å². The smallest absolute Gasteiger partial charge is 0.382 e. The zero-order chi connectivity index (χ0) is 33.0. The van der Waals surface area contributed by atoms with Gasteiger partial charge in [-0.25, -0.2) is 29.1 Å². The zero-order valence-electron chi connectivity index (χ0n) is 24.7. The predicted octanol–water partition coefficient (Wildman–Crippen LogP) is 0.251. The number of aromatic nitrogens is 8. The summed E-state index contributed by atoms with van der Waals surface area (Å²) in [6.07, 6.45) is -1.42. The lowest BCUT2D eigenvalue weighted by molar-refractivity contribution is -0.0610. The molecule has 2 aliphatic heterocycles. The molecule has 21 nitrogen and oxygen atoms in total. The average molecular weight is 697 g/mol. The number of imidazole rings is 2. The van der Waals surface area contributed by atoms with Gasteiger partial charge in [-0.3, -0.25) is 32.4 Å². The molecule has 7 N–H and O–H groups in total. The van der Waals surface area contributed by atoms with Gasteiger partial charge in [-0.15, -0.1) is 0 Å². The number of fused-ring (bicyclic) bond motifs is 4. The van der Waals surface area contributed by atoms with Crippen LogP contribution < -0.4 is 17.0 Å². The number of hydrogen-bond donors (Lipinski definition) is 5. The van der Waals surface area contributed by atoms with Crippen LogP contribution in [0.1, 0.15) is 25.6 Å². The fourth-order valence-corrected chi connectivity index (χ4v) is 9.59. The first-order valence-corrected chi connectivity index (χ1v) is 17.5. The van der Waals surface area contributed by atoms with Crippen molar-refractivity contribution in [2.75, 3.05) is 31.8 Å². The molecule has 2 bridgehead atoms. The Bertz CT molecular complexity index is 2060.